The maximum absolute atomic E-state index is 5.78. The second kappa shape index (κ2) is 6.37. The van der Waals surface area contributed by atoms with Crippen molar-refractivity contribution >= 4 is 5.69 Å². The van der Waals surface area contributed by atoms with Crippen molar-refractivity contribution in [2.75, 3.05) is 18.5 Å². The van der Waals surface area contributed by atoms with Crippen LogP contribution >= 0.6 is 0 Å². The highest BCUT2D eigenvalue weighted by Crippen LogP contribution is 2.36. The van der Waals surface area contributed by atoms with Gasteiger partial charge in [0.2, 0.25) is 0 Å². The molecule has 1 aromatic rings. The molecule has 0 radical (unpaired) electrons. The van der Waals surface area contributed by atoms with Crippen molar-refractivity contribution in [2.24, 2.45) is 0 Å². The fourth-order valence-electron chi connectivity index (χ4n) is 3.37. The molecule has 1 heterocycles. The molecule has 2 aliphatic rings. The van der Waals surface area contributed by atoms with Crippen molar-refractivity contribution in [1.82, 2.24) is 0 Å². The number of hydrogen-bond acceptors (Lipinski definition) is 3. The Morgan fingerprint density at radius 1 is 1.14 bits per heavy atom. The second-order valence-corrected chi connectivity index (χ2v) is 6.46. The summed E-state index contributed by atoms with van der Waals surface area (Å²) >= 11 is 0. The molecule has 0 bridgehead atoms. The highest BCUT2D eigenvalue weighted by atomic mass is 16.7. The Morgan fingerprint density at radius 3 is 2.33 bits per heavy atom. The standard InChI is InChI=1S/C18H27NO2/c1-3-14(2)15-4-6-16(7-5-15)19-17-8-10-18(11-9-17)20-12-13-21-18/h4-7,14,17,19H,3,8-13H2,1-2H3. The van der Waals surface area contributed by atoms with Gasteiger partial charge in [-0.15, -0.1) is 0 Å². The summed E-state index contributed by atoms with van der Waals surface area (Å²) in [4.78, 5) is 0. The van der Waals surface area contributed by atoms with Gasteiger partial charge in [-0.05, 0) is 42.9 Å². The van der Waals surface area contributed by atoms with Gasteiger partial charge in [0.25, 0.3) is 0 Å². The van der Waals surface area contributed by atoms with Gasteiger partial charge >= 0.3 is 0 Å². The van der Waals surface area contributed by atoms with E-state index in [1.54, 1.807) is 0 Å². The van der Waals surface area contributed by atoms with Gasteiger partial charge in [-0.2, -0.15) is 0 Å². The first-order valence-electron chi connectivity index (χ1n) is 8.35. The highest BCUT2D eigenvalue weighted by Gasteiger charge is 2.40. The summed E-state index contributed by atoms with van der Waals surface area (Å²) in [6.45, 7) is 6.04. The molecule has 1 unspecified atom stereocenters. The number of rotatable bonds is 4. The maximum atomic E-state index is 5.78. The molecule has 0 aromatic heterocycles. The van der Waals surface area contributed by atoms with Crippen molar-refractivity contribution in [1.29, 1.82) is 0 Å². The lowest BCUT2D eigenvalue weighted by Gasteiger charge is -2.36. The van der Waals surface area contributed by atoms with E-state index in [0.29, 0.717) is 12.0 Å². The molecule has 3 nitrogen and oxygen atoms in total. The van der Waals surface area contributed by atoms with Gasteiger partial charge in [-0.3, -0.25) is 0 Å². The van der Waals surface area contributed by atoms with Crippen LogP contribution in [0.25, 0.3) is 0 Å². The molecular weight excluding hydrogens is 262 g/mol. The van der Waals surface area contributed by atoms with Crippen LogP contribution in [-0.2, 0) is 9.47 Å². The lowest BCUT2D eigenvalue weighted by molar-refractivity contribution is -0.177. The first kappa shape index (κ1) is 14.9. The summed E-state index contributed by atoms with van der Waals surface area (Å²) in [5.74, 6) is 0.392. The third-order valence-corrected chi connectivity index (χ3v) is 5.02. The topological polar surface area (TPSA) is 30.5 Å². The smallest absolute Gasteiger partial charge is 0.168 e. The van der Waals surface area contributed by atoms with Gasteiger partial charge in [-0.1, -0.05) is 26.0 Å². The third-order valence-electron chi connectivity index (χ3n) is 5.02. The number of anilines is 1. The summed E-state index contributed by atoms with van der Waals surface area (Å²) in [5, 5.41) is 3.66. The van der Waals surface area contributed by atoms with Crippen LogP contribution in [0.4, 0.5) is 5.69 Å². The van der Waals surface area contributed by atoms with E-state index in [4.69, 9.17) is 9.47 Å². The predicted octanol–water partition coefficient (Wildman–Crippen LogP) is 4.30. The van der Waals surface area contributed by atoms with Crippen molar-refractivity contribution < 1.29 is 9.47 Å². The average molecular weight is 289 g/mol. The minimum Gasteiger partial charge on any atom is -0.382 e. The Balaban J connectivity index is 1.53. The monoisotopic (exact) mass is 289 g/mol. The summed E-state index contributed by atoms with van der Waals surface area (Å²) in [7, 11) is 0. The molecule has 21 heavy (non-hydrogen) atoms. The Kier molecular flexibility index (Phi) is 4.51. The van der Waals surface area contributed by atoms with Gasteiger partial charge in [0.15, 0.2) is 5.79 Å². The van der Waals surface area contributed by atoms with E-state index >= 15 is 0 Å². The normalized spacial score (nSPS) is 23.3. The first-order valence-corrected chi connectivity index (χ1v) is 8.35. The second-order valence-electron chi connectivity index (χ2n) is 6.46. The summed E-state index contributed by atoms with van der Waals surface area (Å²) < 4.78 is 11.6. The molecule has 3 heteroatoms. The van der Waals surface area contributed by atoms with E-state index in [1.165, 1.54) is 17.7 Å². The van der Waals surface area contributed by atoms with Crippen molar-refractivity contribution in [3.8, 4) is 0 Å². The summed E-state index contributed by atoms with van der Waals surface area (Å²) in [6, 6.07) is 9.48. The van der Waals surface area contributed by atoms with Gasteiger partial charge in [0, 0.05) is 24.6 Å². The molecule has 1 atom stereocenters. The van der Waals surface area contributed by atoms with Crippen LogP contribution in [-0.4, -0.2) is 25.0 Å². The summed E-state index contributed by atoms with van der Waals surface area (Å²) in [5.41, 5.74) is 2.66. The fourth-order valence-corrected chi connectivity index (χ4v) is 3.37. The van der Waals surface area contributed by atoms with Crippen LogP contribution in [0.1, 0.15) is 57.4 Å². The number of benzene rings is 1. The molecule has 1 aliphatic heterocycles. The first-order chi connectivity index (χ1) is 10.2. The van der Waals surface area contributed by atoms with Crippen LogP contribution in [0.3, 0.4) is 0 Å². The molecule has 1 N–H and O–H groups in total. The zero-order valence-electron chi connectivity index (χ0n) is 13.2. The lowest BCUT2D eigenvalue weighted by Crippen LogP contribution is -2.39. The van der Waals surface area contributed by atoms with Crippen LogP contribution < -0.4 is 5.32 Å². The predicted molar refractivity (Wildman–Crippen MR) is 85.7 cm³/mol. The van der Waals surface area contributed by atoms with Crippen LogP contribution in [0.5, 0.6) is 0 Å². The minimum atomic E-state index is -0.251. The van der Waals surface area contributed by atoms with Crippen molar-refractivity contribution in [2.45, 2.75) is 63.7 Å². The number of ether oxygens (including phenoxy) is 2. The van der Waals surface area contributed by atoms with Crippen LogP contribution in [0.2, 0.25) is 0 Å². The lowest BCUT2D eigenvalue weighted by atomic mass is 9.90. The molecule has 0 amide bonds. The molecule has 1 spiro atoms. The fraction of sp³-hybridized carbons (Fsp3) is 0.667. The van der Waals surface area contributed by atoms with E-state index < -0.39 is 0 Å². The summed E-state index contributed by atoms with van der Waals surface area (Å²) in [6.07, 6.45) is 5.45. The largest absolute Gasteiger partial charge is 0.382 e. The SMILES string of the molecule is CCC(C)c1ccc(NC2CCC3(CC2)OCCO3)cc1. The number of hydrogen-bond donors (Lipinski definition) is 1. The highest BCUT2D eigenvalue weighted by molar-refractivity contribution is 5.46. The maximum Gasteiger partial charge on any atom is 0.168 e. The zero-order valence-corrected chi connectivity index (χ0v) is 13.2. The zero-order chi connectivity index (χ0) is 14.7. The van der Waals surface area contributed by atoms with Crippen LogP contribution in [0, 0.1) is 0 Å². The van der Waals surface area contributed by atoms with Gasteiger partial charge in [0.1, 0.15) is 0 Å². The minimum absolute atomic E-state index is 0.251. The van der Waals surface area contributed by atoms with Crippen molar-refractivity contribution in [3.63, 3.8) is 0 Å². The van der Waals surface area contributed by atoms with Crippen molar-refractivity contribution in [3.05, 3.63) is 29.8 Å². The molecule has 116 valence electrons. The van der Waals surface area contributed by atoms with Crippen LogP contribution in [0.15, 0.2) is 24.3 Å². The Morgan fingerprint density at radius 2 is 1.76 bits per heavy atom. The Hall–Kier alpha value is -1.06. The molecule has 1 aliphatic carbocycles. The third kappa shape index (κ3) is 3.41. The molecule has 1 saturated heterocycles. The molecule has 1 saturated carbocycles. The average Bonchev–Trinajstić information content (AvgIpc) is 2.98. The molecule has 3 rings (SSSR count). The molecule has 2 fully saturated rings. The van der Waals surface area contributed by atoms with E-state index in [9.17, 15) is 0 Å². The molecule has 1 aromatic carbocycles. The van der Waals surface area contributed by atoms with Gasteiger partial charge in [0.05, 0.1) is 13.2 Å². The van der Waals surface area contributed by atoms with E-state index in [1.807, 2.05) is 0 Å². The number of nitrogens with one attached hydrogen (secondary N) is 1. The van der Waals surface area contributed by atoms with E-state index in [2.05, 4.69) is 43.4 Å². The Bertz CT molecular complexity index is 441. The van der Waals surface area contributed by atoms with E-state index in [0.717, 1.165) is 38.9 Å². The van der Waals surface area contributed by atoms with E-state index in [-0.39, 0.29) is 5.79 Å². The quantitative estimate of drug-likeness (QED) is 0.896. The Labute approximate surface area is 128 Å². The van der Waals surface area contributed by atoms with Gasteiger partial charge < -0.3 is 14.8 Å². The van der Waals surface area contributed by atoms with Gasteiger partial charge in [-0.25, -0.2) is 0 Å². The molecular formula is C18H27NO2.